The normalized spacial score (nSPS) is 11.4. The second-order valence-electron chi connectivity index (χ2n) is 4.04. The first-order valence-electron chi connectivity index (χ1n) is 5.43. The molecule has 0 unspecified atom stereocenters. The fourth-order valence-corrected chi connectivity index (χ4v) is 3.97. The Kier molecular flexibility index (Phi) is 4.67. The van der Waals surface area contributed by atoms with Crippen molar-refractivity contribution in [1.29, 1.82) is 0 Å². The first kappa shape index (κ1) is 16.4. The molecule has 9 heteroatoms. The molecule has 0 aliphatic carbocycles. The summed E-state index contributed by atoms with van der Waals surface area (Å²) in [6.07, 6.45) is 0. The van der Waals surface area contributed by atoms with Gasteiger partial charge in [0, 0.05) is 14.5 Å². The lowest BCUT2D eigenvalue weighted by molar-refractivity contribution is 0.573. The number of hydrogen-bond acceptors (Lipinski definition) is 3. The number of anilines is 2. The zero-order valence-corrected chi connectivity index (χ0v) is 14.1. The Balaban J connectivity index is 2.48. The molecule has 0 bridgehead atoms. The Labute approximate surface area is 139 Å². The minimum Gasteiger partial charge on any atom is -0.396 e. The first-order valence-corrected chi connectivity index (χ1v) is 8.46. The summed E-state index contributed by atoms with van der Waals surface area (Å²) in [6.45, 7) is 0. The van der Waals surface area contributed by atoms with Crippen LogP contribution in [0.5, 0.6) is 0 Å². The average molecular weight is 414 g/mol. The Bertz CT molecular complexity index is 815. The van der Waals surface area contributed by atoms with Crippen LogP contribution in [-0.2, 0) is 10.0 Å². The van der Waals surface area contributed by atoms with Crippen LogP contribution >= 0.6 is 39.1 Å². The molecule has 2 aromatic carbocycles. The largest absolute Gasteiger partial charge is 0.396 e. The van der Waals surface area contributed by atoms with Crippen LogP contribution in [0, 0.1) is 5.82 Å². The van der Waals surface area contributed by atoms with Crippen molar-refractivity contribution in [3.63, 3.8) is 0 Å². The van der Waals surface area contributed by atoms with E-state index in [2.05, 4.69) is 20.7 Å². The van der Waals surface area contributed by atoms with Gasteiger partial charge in [-0.1, -0.05) is 23.2 Å². The number of nitrogens with two attached hydrogens (primary N) is 1. The van der Waals surface area contributed by atoms with Crippen molar-refractivity contribution < 1.29 is 12.8 Å². The Hall–Kier alpha value is -1.02. The fourth-order valence-electron chi connectivity index (χ4n) is 1.55. The standard InChI is InChI=1S/C12H8BrCl2FN2O2S/c13-8-3-6(14)1-2-10(8)18-21(19,20)11-5-7(15)4-9(17)12(11)16/h1-5,18H,17H2. The predicted octanol–water partition coefficient (Wildman–Crippen LogP) is 4.28. The number of hydrogen-bond donors (Lipinski definition) is 2. The van der Waals surface area contributed by atoms with Crippen molar-refractivity contribution in [2.45, 2.75) is 4.90 Å². The molecule has 0 heterocycles. The molecule has 0 aliphatic rings. The van der Waals surface area contributed by atoms with E-state index < -0.39 is 20.7 Å². The van der Waals surface area contributed by atoms with Gasteiger partial charge in [-0.2, -0.15) is 0 Å². The molecule has 0 saturated heterocycles. The zero-order valence-electron chi connectivity index (χ0n) is 10.2. The van der Waals surface area contributed by atoms with Gasteiger partial charge in [-0.3, -0.25) is 4.72 Å². The third-order valence-corrected chi connectivity index (χ3v) is 4.97. The smallest absolute Gasteiger partial charge is 0.264 e. The minimum absolute atomic E-state index is 0.0180. The molecule has 0 amide bonds. The third-order valence-electron chi connectivity index (χ3n) is 2.50. The van der Waals surface area contributed by atoms with E-state index in [0.717, 1.165) is 12.1 Å². The van der Waals surface area contributed by atoms with Gasteiger partial charge in [0.25, 0.3) is 10.0 Å². The molecule has 2 rings (SSSR count). The van der Waals surface area contributed by atoms with Gasteiger partial charge in [-0.15, -0.1) is 0 Å². The monoisotopic (exact) mass is 412 g/mol. The van der Waals surface area contributed by atoms with Crippen molar-refractivity contribution in [2.75, 3.05) is 10.5 Å². The lowest BCUT2D eigenvalue weighted by atomic mass is 10.3. The van der Waals surface area contributed by atoms with Crippen LogP contribution < -0.4 is 10.5 Å². The first-order chi connectivity index (χ1) is 9.70. The molecule has 4 nitrogen and oxygen atoms in total. The molecule has 2 aromatic rings. The average Bonchev–Trinajstić information content (AvgIpc) is 2.37. The second kappa shape index (κ2) is 6.00. The van der Waals surface area contributed by atoms with Gasteiger partial charge in [0.05, 0.1) is 11.4 Å². The summed E-state index contributed by atoms with van der Waals surface area (Å²) in [5.41, 5.74) is 5.24. The molecule has 21 heavy (non-hydrogen) atoms. The molecular weight excluding hydrogens is 406 g/mol. The molecule has 0 saturated carbocycles. The highest BCUT2D eigenvalue weighted by Crippen LogP contribution is 2.30. The van der Waals surface area contributed by atoms with Crippen molar-refractivity contribution >= 4 is 60.5 Å². The van der Waals surface area contributed by atoms with Crippen LogP contribution in [0.1, 0.15) is 0 Å². The highest BCUT2D eigenvalue weighted by molar-refractivity contribution is 9.10. The quantitative estimate of drug-likeness (QED) is 0.737. The summed E-state index contributed by atoms with van der Waals surface area (Å²) in [4.78, 5) is -0.630. The molecule has 0 aromatic heterocycles. The van der Waals surface area contributed by atoms with Gasteiger partial charge < -0.3 is 5.73 Å². The molecule has 0 aliphatic heterocycles. The number of nitrogens with one attached hydrogen (secondary N) is 1. The van der Waals surface area contributed by atoms with Crippen molar-refractivity contribution in [2.24, 2.45) is 0 Å². The van der Waals surface area contributed by atoms with Gasteiger partial charge in [0.15, 0.2) is 5.82 Å². The Morgan fingerprint density at radius 2 is 1.81 bits per heavy atom. The Morgan fingerprint density at radius 3 is 2.43 bits per heavy atom. The highest BCUT2D eigenvalue weighted by atomic mass is 79.9. The Morgan fingerprint density at radius 1 is 1.14 bits per heavy atom. The summed E-state index contributed by atoms with van der Waals surface area (Å²) in [5.74, 6) is -1.06. The summed E-state index contributed by atoms with van der Waals surface area (Å²) in [7, 11) is -4.19. The maximum atomic E-state index is 13.9. The second-order valence-corrected chi connectivity index (χ2v) is 7.41. The molecular formula is C12H8BrCl2FN2O2S. The van der Waals surface area contributed by atoms with E-state index in [9.17, 15) is 12.8 Å². The summed E-state index contributed by atoms with van der Waals surface area (Å²) in [6, 6.07) is 6.55. The third kappa shape index (κ3) is 3.60. The van der Waals surface area contributed by atoms with Gasteiger partial charge in [0.2, 0.25) is 0 Å². The number of sulfonamides is 1. The summed E-state index contributed by atoms with van der Waals surface area (Å²) in [5, 5.41) is 0.437. The van der Waals surface area contributed by atoms with Crippen LogP contribution in [0.3, 0.4) is 0 Å². The number of nitrogen functional groups attached to an aromatic ring is 1. The van der Waals surface area contributed by atoms with Gasteiger partial charge in [0.1, 0.15) is 4.90 Å². The topological polar surface area (TPSA) is 72.2 Å². The molecule has 0 fully saturated rings. The molecule has 0 spiro atoms. The van der Waals surface area contributed by atoms with E-state index >= 15 is 0 Å². The van der Waals surface area contributed by atoms with Crippen molar-refractivity contribution in [1.82, 2.24) is 0 Å². The van der Waals surface area contributed by atoms with E-state index in [1.807, 2.05) is 0 Å². The van der Waals surface area contributed by atoms with E-state index in [0.29, 0.717) is 9.50 Å². The van der Waals surface area contributed by atoms with Crippen LogP contribution in [-0.4, -0.2) is 8.42 Å². The van der Waals surface area contributed by atoms with Gasteiger partial charge in [-0.25, -0.2) is 12.8 Å². The van der Waals surface area contributed by atoms with E-state index in [-0.39, 0.29) is 16.4 Å². The van der Waals surface area contributed by atoms with Crippen molar-refractivity contribution in [3.05, 3.63) is 50.7 Å². The van der Waals surface area contributed by atoms with E-state index in [4.69, 9.17) is 28.9 Å². The van der Waals surface area contributed by atoms with Crippen LogP contribution in [0.2, 0.25) is 10.0 Å². The number of benzene rings is 2. The summed E-state index contributed by atoms with van der Waals surface area (Å²) >= 11 is 14.7. The lowest BCUT2D eigenvalue weighted by Gasteiger charge is -2.12. The maximum Gasteiger partial charge on any atom is 0.264 e. The summed E-state index contributed by atoms with van der Waals surface area (Å²) < 4.78 is 41.0. The number of rotatable bonds is 3. The molecule has 0 radical (unpaired) electrons. The highest BCUT2D eigenvalue weighted by Gasteiger charge is 2.22. The van der Waals surface area contributed by atoms with Gasteiger partial charge >= 0.3 is 0 Å². The predicted molar refractivity (Wildman–Crippen MR) is 85.8 cm³/mol. The van der Waals surface area contributed by atoms with Crippen LogP contribution in [0.15, 0.2) is 39.7 Å². The number of halogens is 4. The maximum absolute atomic E-state index is 13.9. The molecule has 3 N–H and O–H groups in total. The SMILES string of the molecule is Nc1cc(Cl)cc(S(=O)(=O)Nc2ccc(Cl)cc2Br)c1F. The van der Waals surface area contributed by atoms with Crippen molar-refractivity contribution in [3.8, 4) is 0 Å². The lowest BCUT2D eigenvalue weighted by Crippen LogP contribution is -2.15. The van der Waals surface area contributed by atoms with Crippen LogP contribution in [0.25, 0.3) is 0 Å². The zero-order chi connectivity index (χ0) is 15.8. The fraction of sp³-hybridized carbons (Fsp3) is 0. The van der Waals surface area contributed by atoms with Gasteiger partial charge in [-0.05, 0) is 46.3 Å². The van der Waals surface area contributed by atoms with Crippen LogP contribution in [0.4, 0.5) is 15.8 Å². The molecule has 112 valence electrons. The minimum atomic E-state index is -4.19. The van der Waals surface area contributed by atoms with E-state index in [1.165, 1.54) is 18.2 Å². The molecule has 0 atom stereocenters. The van der Waals surface area contributed by atoms with E-state index in [1.54, 1.807) is 0 Å².